The Morgan fingerprint density at radius 1 is 1.40 bits per heavy atom. The molecule has 0 aromatic heterocycles. The molecule has 2 amide bonds. The van der Waals surface area contributed by atoms with Crippen LogP contribution in [-0.2, 0) is 4.79 Å². The number of anilines is 1. The Labute approximate surface area is 117 Å². The van der Waals surface area contributed by atoms with E-state index in [1.54, 1.807) is 6.92 Å². The molecule has 0 radical (unpaired) electrons. The molecule has 0 atom stereocenters. The van der Waals surface area contributed by atoms with Crippen molar-refractivity contribution in [3.05, 3.63) is 29.1 Å². The van der Waals surface area contributed by atoms with Crippen molar-refractivity contribution in [2.75, 3.05) is 25.9 Å². The maximum absolute atomic E-state index is 14.0. The van der Waals surface area contributed by atoms with Crippen LogP contribution in [0.1, 0.15) is 29.3 Å². The third-order valence-corrected chi connectivity index (χ3v) is 2.90. The summed E-state index contributed by atoms with van der Waals surface area (Å²) in [5.41, 5.74) is 6.19. The molecule has 0 bridgehead atoms. The van der Waals surface area contributed by atoms with Crippen molar-refractivity contribution in [2.45, 2.75) is 20.3 Å². The fourth-order valence-electron chi connectivity index (χ4n) is 1.90. The molecule has 0 fully saturated rings. The molecule has 1 aromatic carbocycles. The van der Waals surface area contributed by atoms with Gasteiger partial charge in [-0.15, -0.1) is 0 Å². The molecule has 5 nitrogen and oxygen atoms in total. The van der Waals surface area contributed by atoms with Gasteiger partial charge in [-0.1, -0.05) is 6.92 Å². The second-order valence-corrected chi connectivity index (χ2v) is 4.60. The van der Waals surface area contributed by atoms with Crippen LogP contribution in [0.3, 0.4) is 0 Å². The van der Waals surface area contributed by atoms with Crippen molar-refractivity contribution in [2.24, 2.45) is 0 Å². The van der Waals surface area contributed by atoms with Crippen LogP contribution < -0.4 is 11.1 Å². The van der Waals surface area contributed by atoms with Gasteiger partial charge >= 0.3 is 0 Å². The lowest BCUT2D eigenvalue weighted by atomic mass is 10.1. The van der Waals surface area contributed by atoms with Crippen LogP contribution in [0.15, 0.2) is 12.1 Å². The zero-order chi connectivity index (χ0) is 15.3. The summed E-state index contributed by atoms with van der Waals surface area (Å²) in [6, 6.07) is 2.77. The Kier molecular flexibility index (Phi) is 5.49. The minimum atomic E-state index is -0.595. The van der Waals surface area contributed by atoms with Gasteiger partial charge in [-0.25, -0.2) is 4.39 Å². The number of benzene rings is 1. The van der Waals surface area contributed by atoms with Gasteiger partial charge in [0.1, 0.15) is 5.82 Å². The first-order chi connectivity index (χ1) is 9.40. The number of halogens is 1. The van der Waals surface area contributed by atoms with Crippen LogP contribution in [0.25, 0.3) is 0 Å². The average Bonchev–Trinajstić information content (AvgIpc) is 2.41. The van der Waals surface area contributed by atoms with E-state index in [1.807, 2.05) is 6.92 Å². The standard InChI is InChI=1S/C14H20FN3O2/c1-4-5-18(8-12(19)17-3)14(20)11-7-10(16)6-9(2)13(11)15/h6-7H,4-5,8,16H2,1-3H3,(H,17,19). The van der Waals surface area contributed by atoms with Crippen LogP contribution in [-0.4, -0.2) is 36.9 Å². The monoisotopic (exact) mass is 281 g/mol. The van der Waals surface area contributed by atoms with E-state index in [9.17, 15) is 14.0 Å². The summed E-state index contributed by atoms with van der Waals surface area (Å²) in [5.74, 6) is -1.42. The highest BCUT2D eigenvalue weighted by Gasteiger charge is 2.22. The average molecular weight is 281 g/mol. The molecule has 0 aliphatic heterocycles. The van der Waals surface area contributed by atoms with E-state index in [2.05, 4.69) is 5.32 Å². The third-order valence-electron chi connectivity index (χ3n) is 2.90. The smallest absolute Gasteiger partial charge is 0.257 e. The zero-order valence-electron chi connectivity index (χ0n) is 12.0. The largest absolute Gasteiger partial charge is 0.399 e. The quantitative estimate of drug-likeness (QED) is 0.799. The second kappa shape index (κ2) is 6.88. The summed E-state index contributed by atoms with van der Waals surface area (Å²) in [5, 5.41) is 2.45. The van der Waals surface area contributed by atoms with Gasteiger partial charge in [0.2, 0.25) is 5.91 Å². The first-order valence-corrected chi connectivity index (χ1v) is 6.46. The summed E-state index contributed by atoms with van der Waals surface area (Å²) in [4.78, 5) is 25.1. The van der Waals surface area contributed by atoms with Crippen molar-refractivity contribution >= 4 is 17.5 Å². The molecular formula is C14H20FN3O2. The number of nitrogens with one attached hydrogen (secondary N) is 1. The third kappa shape index (κ3) is 3.69. The number of carbonyl (C=O) groups is 2. The van der Waals surface area contributed by atoms with E-state index in [1.165, 1.54) is 24.1 Å². The van der Waals surface area contributed by atoms with Crippen molar-refractivity contribution in [3.63, 3.8) is 0 Å². The lowest BCUT2D eigenvalue weighted by Gasteiger charge is -2.22. The number of carbonyl (C=O) groups excluding carboxylic acids is 2. The molecule has 1 rings (SSSR count). The lowest BCUT2D eigenvalue weighted by molar-refractivity contribution is -0.121. The summed E-state index contributed by atoms with van der Waals surface area (Å²) in [6.07, 6.45) is 0.672. The summed E-state index contributed by atoms with van der Waals surface area (Å²) in [6.45, 7) is 3.70. The molecule has 0 heterocycles. The van der Waals surface area contributed by atoms with Crippen molar-refractivity contribution in [1.82, 2.24) is 10.2 Å². The molecule has 0 unspecified atom stereocenters. The highest BCUT2D eigenvalue weighted by molar-refractivity contribution is 5.97. The van der Waals surface area contributed by atoms with Crippen molar-refractivity contribution < 1.29 is 14.0 Å². The lowest BCUT2D eigenvalue weighted by Crippen LogP contribution is -2.40. The normalized spacial score (nSPS) is 10.2. The van der Waals surface area contributed by atoms with Gasteiger partial charge in [0, 0.05) is 19.3 Å². The van der Waals surface area contributed by atoms with Crippen LogP contribution in [0.2, 0.25) is 0 Å². The van der Waals surface area contributed by atoms with Gasteiger partial charge in [0.15, 0.2) is 0 Å². The molecule has 110 valence electrons. The molecule has 0 spiro atoms. The minimum absolute atomic E-state index is 0.0974. The maximum atomic E-state index is 14.0. The van der Waals surface area contributed by atoms with E-state index >= 15 is 0 Å². The fourth-order valence-corrected chi connectivity index (χ4v) is 1.90. The Balaban J connectivity index is 3.09. The molecule has 3 N–H and O–H groups in total. The topological polar surface area (TPSA) is 75.4 Å². The Hall–Kier alpha value is -2.11. The van der Waals surface area contributed by atoms with Crippen LogP contribution in [0.4, 0.5) is 10.1 Å². The van der Waals surface area contributed by atoms with Gasteiger partial charge in [-0.2, -0.15) is 0 Å². The van der Waals surface area contributed by atoms with Crippen molar-refractivity contribution in [1.29, 1.82) is 0 Å². The molecule has 0 aliphatic carbocycles. The Morgan fingerprint density at radius 2 is 2.05 bits per heavy atom. The summed E-state index contributed by atoms with van der Waals surface area (Å²) >= 11 is 0. The number of hydrogen-bond acceptors (Lipinski definition) is 3. The molecule has 1 aromatic rings. The number of nitrogens with two attached hydrogens (primary N) is 1. The van der Waals surface area contributed by atoms with E-state index in [-0.39, 0.29) is 18.0 Å². The van der Waals surface area contributed by atoms with Crippen LogP contribution in [0, 0.1) is 12.7 Å². The van der Waals surface area contributed by atoms with E-state index < -0.39 is 11.7 Å². The summed E-state index contributed by atoms with van der Waals surface area (Å²) in [7, 11) is 1.49. The molecule has 0 aliphatic rings. The molecule has 0 saturated heterocycles. The number of likely N-dealkylation sites (N-methyl/N-ethyl adjacent to an activating group) is 1. The predicted molar refractivity (Wildman–Crippen MR) is 75.8 cm³/mol. The first-order valence-electron chi connectivity index (χ1n) is 6.46. The fraction of sp³-hybridized carbons (Fsp3) is 0.429. The minimum Gasteiger partial charge on any atom is -0.399 e. The highest BCUT2D eigenvalue weighted by atomic mass is 19.1. The zero-order valence-corrected chi connectivity index (χ0v) is 12.0. The van der Waals surface area contributed by atoms with Crippen molar-refractivity contribution in [3.8, 4) is 0 Å². The van der Waals surface area contributed by atoms with Crippen LogP contribution >= 0.6 is 0 Å². The molecular weight excluding hydrogens is 261 g/mol. The number of nitrogens with zero attached hydrogens (tertiary/aromatic N) is 1. The van der Waals surface area contributed by atoms with E-state index in [4.69, 9.17) is 5.73 Å². The molecule has 0 saturated carbocycles. The number of nitrogen functional groups attached to an aromatic ring is 1. The Morgan fingerprint density at radius 3 is 2.60 bits per heavy atom. The number of aryl methyl sites for hydroxylation is 1. The maximum Gasteiger partial charge on any atom is 0.257 e. The number of amides is 2. The highest BCUT2D eigenvalue weighted by Crippen LogP contribution is 2.19. The van der Waals surface area contributed by atoms with E-state index in [0.717, 1.165) is 0 Å². The van der Waals surface area contributed by atoms with Gasteiger partial charge in [0.25, 0.3) is 5.91 Å². The first kappa shape index (κ1) is 15.9. The molecule has 20 heavy (non-hydrogen) atoms. The number of hydrogen-bond donors (Lipinski definition) is 2. The Bertz CT molecular complexity index is 517. The van der Waals surface area contributed by atoms with Crippen LogP contribution in [0.5, 0.6) is 0 Å². The van der Waals surface area contributed by atoms with Gasteiger partial charge in [-0.3, -0.25) is 9.59 Å². The second-order valence-electron chi connectivity index (χ2n) is 4.60. The summed E-state index contributed by atoms with van der Waals surface area (Å²) < 4.78 is 14.0. The van der Waals surface area contributed by atoms with Gasteiger partial charge < -0.3 is 16.0 Å². The number of rotatable bonds is 5. The predicted octanol–water partition coefficient (Wildman–Crippen LogP) is 1.31. The van der Waals surface area contributed by atoms with Gasteiger partial charge in [-0.05, 0) is 31.0 Å². The SMILES string of the molecule is CCCN(CC(=O)NC)C(=O)c1cc(N)cc(C)c1F. The molecule has 6 heteroatoms. The van der Waals surface area contributed by atoms with E-state index in [0.29, 0.717) is 24.2 Å². The van der Waals surface area contributed by atoms with Gasteiger partial charge in [0.05, 0.1) is 12.1 Å².